The number of amides is 6. The minimum atomic E-state index is -1.41. The van der Waals surface area contributed by atoms with E-state index in [0.29, 0.717) is 0 Å². The number of nitrogens with zero attached hydrogens (tertiary/aromatic N) is 3. The molecule has 0 spiro atoms. The van der Waals surface area contributed by atoms with E-state index in [2.05, 4.69) is 0 Å². The van der Waals surface area contributed by atoms with E-state index in [-0.39, 0.29) is 78.9 Å². The zero-order chi connectivity index (χ0) is 29.8. The normalized spacial score (nSPS) is 16.9. The van der Waals surface area contributed by atoms with Gasteiger partial charge in [-0.2, -0.15) is 0 Å². The molecule has 3 heterocycles. The first-order valence-electron chi connectivity index (χ1n) is 12.8. The molecule has 0 aromatic heterocycles. The molecule has 1 N–H and O–H groups in total. The number of ether oxygens (including phenoxy) is 4. The number of carbonyl (C=O) groups is 7. The standard InChI is InChI=1S/C26H31N3O12/c30-19-1-2-20(31)27(19)15-26(16-28-21(32)3-4-22(28)33,17-29-23(34)5-6-24(29)35)18-41-14-13-40-12-11-39-10-9-38-8-7-25(36)37/h1-6H,7-18H2,(H,36,37). The van der Waals surface area contributed by atoms with Crippen LogP contribution in [0.1, 0.15) is 6.42 Å². The van der Waals surface area contributed by atoms with Crippen molar-refractivity contribution in [2.24, 2.45) is 5.41 Å². The molecule has 3 aliphatic heterocycles. The lowest BCUT2D eigenvalue weighted by molar-refractivity contribution is -0.146. The van der Waals surface area contributed by atoms with Crippen LogP contribution in [0.5, 0.6) is 0 Å². The molecule has 3 rings (SSSR count). The largest absolute Gasteiger partial charge is 0.481 e. The van der Waals surface area contributed by atoms with E-state index in [0.717, 1.165) is 51.2 Å². The molecule has 0 fully saturated rings. The molecule has 222 valence electrons. The molecule has 0 radical (unpaired) electrons. The van der Waals surface area contributed by atoms with E-state index >= 15 is 0 Å². The summed E-state index contributed by atoms with van der Waals surface area (Å²) in [5, 5.41) is 8.54. The molecule has 0 aromatic carbocycles. The maximum atomic E-state index is 12.4. The molecular weight excluding hydrogens is 546 g/mol. The van der Waals surface area contributed by atoms with Crippen LogP contribution in [-0.4, -0.2) is 134 Å². The number of aliphatic carboxylic acids is 1. The van der Waals surface area contributed by atoms with Gasteiger partial charge in [-0.25, -0.2) is 0 Å². The minimum absolute atomic E-state index is 0.0283. The first-order chi connectivity index (χ1) is 19.6. The number of hydrogen-bond acceptors (Lipinski definition) is 11. The Kier molecular flexibility index (Phi) is 11.6. The first-order valence-corrected chi connectivity index (χ1v) is 12.8. The quantitative estimate of drug-likeness (QED) is 0.128. The summed E-state index contributed by atoms with van der Waals surface area (Å²) >= 11 is 0. The van der Waals surface area contributed by atoms with Crippen molar-refractivity contribution in [3.8, 4) is 0 Å². The predicted molar refractivity (Wildman–Crippen MR) is 136 cm³/mol. The van der Waals surface area contributed by atoms with Crippen molar-refractivity contribution in [1.82, 2.24) is 14.7 Å². The Balaban J connectivity index is 1.57. The van der Waals surface area contributed by atoms with Crippen LogP contribution in [0.3, 0.4) is 0 Å². The van der Waals surface area contributed by atoms with Gasteiger partial charge in [-0.05, 0) is 0 Å². The molecule has 0 unspecified atom stereocenters. The molecule has 0 atom stereocenters. The molecule has 6 amide bonds. The van der Waals surface area contributed by atoms with Gasteiger partial charge in [-0.3, -0.25) is 48.3 Å². The summed E-state index contributed by atoms with van der Waals surface area (Å²) in [5.41, 5.74) is -1.41. The molecule has 3 aliphatic rings. The summed E-state index contributed by atoms with van der Waals surface area (Å²) in [7, 11) is 0. The Hall–Kier alpha value is -4.05. The summed E-state index contributed by atoms with van der Waals surface area (Å²) in [6, 6.07) is 0. The Morgan fingerprint density at radius 1 is 0.537 bits per heavy atom. The van der Waals surface area contributed by atoms with Crippen molar-refractivity contribution >= 4 is 41.4 Å². The summed E-state index contributed by atoms with van der Waals surface area (Å²) in [5.74, 6) is -4.67. The second-order valence-corrected chi connectivity index (χ2v) is 9.32. The van der Waals surface area contributed by atoms with Crippen LogP contribution in [0.15, 0.2) is 36.5 Å². The average Bonchev–Trinajstić information content (AvgIpc) is 3.54. The zero-order valence-corrected chi connectivity index (χ0v) is 22.2. The van der Waals surface area contributed by atoms with Gasteiger partial charge >= 0.3 is 5.97 Å². The number of carboxylic acid groups (broad SMARTS) is 1. The molecule has 41 heavy (non-hydrogen) atoms. The van der Waals surface area contributed by atoms with Gasteiger partial charge in [0.25, 0.3) is 35.4 Å². The summed E-state index contributed by atoms with van der Waals surface area (Å²) in [4.78, 5) is 87.5. The van der Waals surface area contributed by atoms with E-state index in [1.54, 1.807) is 0 Å². The van der Waals surface area contributed by atoms with Crippen LogP contribution in [0.2, 0.25) is 0 Å². The van der Waals surface area contributed by atoms with Crippen LogP contribution in [0.25, 0.3) is 0 Å². The molecule has 0 saturated heterocycles. The lowest BCUT2D eigenvalue weighted by Gasteiger charge is -2.40. The fourth-order valence-electron chi connectivity index (χ4n) is 4.16. The first kappa shape index (κ1) is 31.5. The molecule has 0 aromatic rings. The number of carboxylic acids is 1. The smallest absolute Gasteiger partial charge is 0.305 e. The predicted octanol–water partition coefficient (Wildman–Crippen LogP) is -1.71. The Morgan fingerprint density at radius 2 is 0.829 bits per heavy atom. The van der Waals surface area contributed by atoms with E-state index < -0.39 is 46.8 Å². The van der Waals surface area contributed by atoms with Gasteiger partial charge in [0.2, 0.25) is 0 Å². The highest BCUT2D eigenvalue weighted by Crippen LogP contribution is 2.28. The molecule has 0 bridgehead atoms. The van der Waals surface area contributed by atoms with Gasteiger partial charge in [-0.1, -0.05) is 0 Å². The van der Waals surface area contributed by atoms with Gasteiger partial charge in [0.15, 0.2) is 0 Å². The second kappa shape index (κ2) is 15.1. The molecule has 15 heteroatoms. The fourth-order valence-corrected chi connectivity index (χ4v) is 4.16. The van der Waals surface area contributed by atoms with E-state index in [1.807, 2.05) is 0 Å². The Labute approximate surface area is 234 Å². The fraction of sp³-hybridized carbons (Fsp3) is 0.500. The van der Waals surface area contributed by atoms with Crippen molar-refractivity contribution < 1.29 is 57.6 Å². The highest BCUT2D eigenvalue weighted by Gasteiger charge is 2.45. The maximum absolute atomic E-state index is 12.4. The van der Waals surface area contributed by atoms with Crippen LogP contribution < -0.4 is 0 Å². The van der Waals surface area contributed by atoms with Crippen LogP contribution in [-0.2, 0) is 52.5 Å². The third kappa shape index (κ3) is 9.24. The second-order valence-electron chi connectivity index (χ2n) is 9.32. The van der Waals surface area contributed by atoms with E-state index in [1.165, 1.54) is 0 Å². The molecular formula is C26H31N3O12. The van der Waals surface area contributed by atoms with Gasteiger partial charge in [0, 0.05) is 61.5 Å². The van der Waals surface area contributed by atoms with Gasteiger partial charge in [0.1, 0.15) is 0 Å². The van der Waals surface area contributed by atoms with Crippen molar-refractivity contribution in [1.29, 1.82) is 0 Å². The number of imide groups is 3. The number of hydrogen-bond donors (Lipinski definition) is 1. The molecule has 0 saturated carbocycles. The Morgan fingerprint density at radius 3 is 1.15 bits per heavy atom. The van der Waals surface area contributed by atoms with Crippen LogP contribution in [0.4, 0.5) is 0 Å². The van der Waals surface area contributed by atoms with Crippen molar-refractivity contribution in [2.75, 3.05) is 72.5 Å². The van der Waals surface area contributed by atoms with Crippen LogP contribution in [0, 0.1) is 5.41 Å². The van der Waals surface area contributed by atoms with Crippen molar-refractivity contribution in [2.45, 2.75) is 6.42 Å². The summed E-state index contributed by atoms with van der Waals surface area (Å²) in [6.07, 6.45) is 6.37. The maximum Gasteiger partial charge on any atom is 0.305 e. The Bertz CT molecular complexity index is 983. The monoisotopic (exact) mass is 577 g/mol. The van der Waals surface area contributed by atoms with Gasteiger partial charge in [-0.15, -0.1) is 0 Å². The zero-order valence-electron chi connectivity index (χ0n) is 22.2. The molecule has 15 nitrogen and oxygen atoms in total. The SMILES string of the molecule is O=C(O)CCOCCOCCOCCOCC(CN1C(=O)C=CC1=O)(CN1C(=O)C=CC1=O)CN1C(=O)C=CC1=O. The van der Waals surface area contributed by atoms with E-state index in [9.17, 15) is 33.6 Å². The van der Waals surface area contributed by atoms with Crippen molar-refractivity contribution in [3.63, 3.8) is 0 Å². The topological polar surface area (TPSA) is 186 Å². The van der Waals surface area contributed by atoms with Crippen LogP contribution >= 0.6 is 0 Å². The van der Waals surface area contributed by atoms with Crippen molar-refractivity contribution in [3.05, 3.63) is 36.5 Å². The third-order valence-electron chi connectivity index (χ3n) is 6.17. The average molecular weight is 578 g/mol. The number of carbonyl (C=O) groups excluding carboxylic acids is 6. The summed E-state index contributed by atoms with van der Waals surface area (Å²) in [6.45, 7) is -0.0533. The van der Waals surface area contributed by atoms with Gasteiger partial charge < -0.3 is 24.1 Å². The van der Waals surface area contributed by atoms with Gasteiger partial charge in [0.05, 0.1) is 59.3 Å². The summed E-state index contributed by atoms with van der Waals surface area (Å²) < 4.78 is 21.7. The van der Waals surface area contributed by atoms with E-state index in [4.69, 9.17) is 24.1 Å². The highest BCUT2D eigenvalue weighted by molar-refractivity contribution is 6.14. The lowest BCUT2D eigenvalue weighted by atomic mass is 9.86. The lowest BCUT2D eigenvalue weighted by Crippen LogP contribution is -2.57. The third-order valence-corrected chi connectivity index (χ3v) is 6.17. The number of rotatable bonds is 20. The minimum Gasteiger partial charge on any atom is -0.481 e. The highest BCUT2D eigenvalue weighted by atomic mass is 16.6. The molecule has 0 aliphatic carbocycles.